The summed E-state index contributed by atoms with van der Waals surface area (Å²) in [6, 6.07) is 10.6. The minimum atomic E-state index is -0.285. The van der Waals surface area contributed by atoms with Crippen molar-refractivity contribution in [1.29, 1.82) is 0 Å². The van der Waals surface area contributed by atoms with Crippen LogP contribution in [0, 0.1) is 5.92 Å². The van der Waals surface area contributed by atoms with E-state index < -0.39 is 0 Å². The van der Waals surface area contributed by atoms with Gasteiger partial charge in [-0.2, -0.15) is 5.10 Å². The molecule has 28 heavy (non-hydrogen) atoms. The van der Waals surface area contributed by atoms with E-state index in [0.717, 1.165) is 47.6 Å². The second-order valence-corrected chi connectivity index (χ2v) is 8.19. The van der Waals surface area contributed by atoms with Crippen molar-refractivity contribution in [3.63, 3.8) is 0 Å². The van der Waals surface area contributed by atoms with Gasteiger partial charge in [-0.1, -0.05) is 54.1 Å². The molecular weight excluding hydrogens is 368 g/mol. The fraction of sp³-hybridized carbons (Fsp3) is 0.318. The van der Waals surface area contributed by atoms with Crippen molar-refractivity contribution in [3.05, 3.63) is 75.5 Å². The predicted molar refractivity (Wildman–Crippen MR) is 112 cm³/mol. The number of fused-ring (bicyclic) bond motifs is 1. The van der Waals surface area contributed by atoms with Gasteiger partial charge in [0.1, 0.15) is 18.5 Å². The fourth-order valence-electron chi connectivity index (χ4n) is 4.24. The van der Waals surface area contributed by atoms with Gasteiger partial charge < -0.3 is 4.84 Å². The summed E-state index contributed by atoms with van der Waals surface area (Å²) in [4.78, 5) is 9.82. The Morgan fingerprint density at radius 1 is 1.29 bits per heavy atom. The second kappa shape index (κ2) is 7.02. The molecular formula is C22H22N4OS. The number of aromatic amines is 1. The van der Waals surface area contributed by atoms with Crippen LogP contribution in [-0.2, 0) is 16.7 Å². The maximum atomic E-state index is 5.15. The molecule has 2 aliphatic rings. The molecule has 6 heteroatoms. The molecule has 1 aromatic carbocycles. The van der Waals surface area contributed by atoms with Crippen molar-refractivity contribution in [3.8, 4) is 0 Å². The third kappa shape index (κ3) is 2.71. The van der Waals surface area contributed by atoms with Crippen LogP contribution in [0.4, 0.5) is 0 Å². The number of H-pyrrole nitrogens is 1. The van der Waals surface area contributed by atoms with Gasteiger partial charge in [-0.25, -0.2) is 4.98 Å². The van der Waals surface area contributed by atoms with E-state index in [1.165, 1.54) is 12.0 Å². The summed E-state index contributed by atoms with van der Waals surface area (Å²) < 4.78 is 0. The highest BCUT2D eigenvalue weighted by Gasteiger charge is 2.39. The third-order valence-corrected chi connectivity index (χ3v) is 6.56. The average molecular weight is 391 g/mol. The monoisotopic (exact) mass is 390 g/mol. The van der Waals surface area contributed by atoms with E-state index in [1.807, 2.05) is 5.51 Å². The first-order valence-corrected chi connectivity index (χ1v) is 10.6. The quantitative estimate of drug-likeness (QED) is 0.513. The Balaban J connectivity index is 1.59. The minimum absolute atomic E-state index is 0.285. The van der Waals surface area contributed by atoms with Gasteiger partial charge in [0, 0.05) is 29.0 Å². The van der Waals surface area contributed by atoms with Crippen molar-refractivity contribution in [2.24, 2.45) is 11.1 Å². The van der Waals surface area contributed by atoms with Gasteiger partial charge in [0.05, 0.1) is 16.6 Å². The Morgan fingerprint density at radius 3 is 2.82 bits per heavy atom. The lowest BCUT2D eigenvalue weighted by atomic mass is 9.70. The highest BCUT2D eigenvalue weighted by atomic mass is 32.1. The van der Waals surface area contributed by atoms with E-state index in [-0.39, 0.29) is 5.41 Å². The lowest BCUT2D eigenvalue weighted by Crippen LogP contribution is -2.31. The van der Waals surface area contributed by atoms with Crippen molar-refractivity contribution in [2.75, 3.05) is 7.11 Å². The molecule has 0 saturated heterocycles. The first-order chi connectivity index (χ1) is 13.8. The van der Waals surface area contributed by atoms with Gasteiger partial charge in [0.15, 0.2) is 0 Å². The molecule has 142 valence electrons. The number of nitrogens with zero attached hydrogens (tertiary/aromatic N) is 3. The van der Waals surface area contributed by atoms with Gasteiger partial charge in [0.25, 0.3) is 0 Å². The molecule has 0 aliphatic heterocycles. The number of aromatic nitrogens is 3. The number of hydrogen-bond acceptors (Lipinski definition) is 5. The Morgan fingerprint density at radius 2 is 2.14 bits per heavy atom. The third-order valence-electron chi connectivity index (χ3n) is 5.98. The SMILES string of the molecule is CO/N=C(/c1n[nH]c2c1C=CC(c1ccccc1)(c1cscn1)C2)C1CCC1. The smallest absolute Gasteiger partial charge is 0.117 e. The molecule has 2 aliphatic carbocycles. The van der Waals surface area contributed by atoms with Crippen molar-refractivity contribution < 1.29 is 4.84 Å². The predicted octanol–water partition coefficient (Wildman–Crippen LogP) is 4.57. The summed E-state index contributed by atoms with van der Waals surface area (Å²) in [6.45, 7) is 0. The molecule has 1 atom stereocenters. The van der Waals surface area contributed by atoms with Crippen LogP contribution in [0.15, 0.2) is 52.5 Å². The number of benzene rings is 1. The number of thiazole rings is 1. The molecule has 0 radical (unpaired) electrons. The highest BCUT2D eigenvalue weighted by Crippen LogP contribution is 2.42. The van der Waals surface area contributed by atoms with Crippen LogP contribution in [0.5, 0.6) is 0 Å². The van der Waals surface area contributed by atoms with Crippen LogP contribution < -0.4 is 0 Å². The van der Waals surface area contributed by atoms with Gasteiger partial charge in [-0.15, -0.1) is 11.3 Å². The molecule has 2 aromatic heterocycles. The van der Waals surface area contributed by atoms with E-state index in [2.05, 4.69) is 68.2 Å². The van der Waals surface area contributed by atoms with Gasteiger partial charge >= 0.3 is 0 Å². The summed E-state index contributed by atoms with van der Waals surface area (Å²) in [5.74, 6) is 0.445. The van der Waals surface area contributed by atoms with E-state index >= 15 is 0 Å². The van der Waals surface area contributed by atoms with E-state index in [4.69, 9.17) is 4.84 Å². The van der Waals surface area contributed by atoms with Crippen LogP contribution in [0.3, 0.4) is 0 Å². The summed E-state index contributed by atoms with van der Waals surface area (Å²) in [5.41, 5.74) is 8.08. The lowest BCUT2D eigenvalue weighted by molar-refractivity contribution is 0.208. The Hall–Kier alpha value is -2.73. The molecule has 3 aromatic rings. The maximum Gasteiger partial charge on any atom is 0.117 e. The normalized spacial score (nSPS) is 22.0. The molecule has 1 fully saturated rings. The molecule has 5 rings (SSSR count). The molecule has 1 N–H and O–H groups in total. The minimum Gasteiger partial charge on any atom is -0.399 e. The Bertz CT molecular complexity index is 1020. The Kier molecular flexibility index (Phi) is 4.36. The van der Waals surface area contributed by atoms with E-state index in [0.29, 0.717) is 5.92 Å². The largest absolute Gasteiger partial charge is 0.399 e. The van der Waals surface area contributed by atoms with E-state index in [9.17, 15) is 0 Å². The zero-order chi connectivity index (χ0) is 19.0. The van der Waals surface area contributed by atoms with Crippen molar-refractivity contribution in [2.45, 2.75) is 31.1 Å². The molecule has 1 saturated carbocycles. The summed E-state index contributed by atoms with van der Waals surface area (Å²) in [6.07, 6.45) is 8.82. The topological polar surface area (TPSA) is 63.2 Å². The molecule has 0 bridgehead atoms. The zero-order valence-corrected chi connectivity index (χ0v) is 16.6. The summed E-state index contributed by atoms with van der Waals surface area (Å²) in [7, 11) is 1.61. The van der Waals surface area contributed by atoms with Crippen LogP contribution in [0.1, 0.15) is 47.5 Å². The number of allylic oxidation sites excluding steroid dienone is 1. The van der Waals surface area contributed by atoms with Gasteiger partial charge in [0.2, 0.25) is 0 Å². The van der Waals surface area contributed by atoms with Crippen LogP contribution >= 0.6 is 11.3 Å². The maximum absolute atomic E-state index is 5.15. The van der Waals surface area contributed by atoms with Gasteiger partial charge in [-0.05, 0) is 18.4 Å². The number of rotatable bonds is 5. The summed E-state index contributed by atoms with van der Waals surface area (Å²) >= 11 is 1.63. The number of nitrogens with one attached hydrogen (secondary N) is 1. The lowest BCUT2D eigenvalue weighted by Gasteiger charge is -2.32. The second-order valence-electron chi connectivity index (χ2n) is 7.47. The van der Waals surface area contributed by atoms with E-state index in [1.54, 1.807) is 18.4 Å². The first-order valence-electron chi connectivity index (χ1n) is 9.64. The van der Waals surface area contributed by atoms with Crippen molar-refractivity contribution >= 4 is 23.1 Å². The molecule has 2 heterocycles. The average Bonchev–Trinajstić information content (AvgIpc) is 3.36. The van der Waals surface area contributed by atoms with Crippen molar-refractivity contribution in [1.82, 2.24) is 15.2 Å². The zero-order valence-electron chi connectivity index (χ0n) is 15.8. The van der Waals surface area contributed by atoms with Gasteiger partial charge in [-0.3, -0.25) is 5.10 Å². The Labute approximate surface area is 168 Å². The fourth-order valence-corrected chi connectivity index (χ4v) is 4.88. The number of oxime groups is 1. The van der Waals surface area contributed by atoms with Crippen LogP contribution in [0.25, 0.3) is 6.08 Å². The summed E-state index contributed by atoms with van der Waals surface area (Å²) in [5, 5.41) is 14.4. The molecule has 1 unspecified atom stereocenters. The highest BCUT2D eigenvalue weighted by molar-refractivity contribution is 7.07. The standard InChI is InChI=1S/C22H22N4OS/c1-27-26-20(15-6-5-7-15)21-17-10-11-22(12-18(17)24-25-21,19-13-28-14-23-19)16-8-3-2-4-9-16/h2-4,8-11,13-15H,5-7,12H2,1H3,(H,24,25)/b26-20+. The molecule has 0 spiro atoms. The van der Waals surface area contributed by atoms with Crippen LogP contribution in [-0.4, -0.2) is 28.0 Å². The molecule has 5 nitrogen and oxygen atoms in total. The number of hydrogen-bond donors (Lipinski definition) is 1. The molecule has 0 amide bonds. The first kappa shape index (κ1) is 17.4. The van der Waals surface area contributed by atoms with Crippen LogP contribution in [0.2, 0.25) is 0 Å².